The molecule has 0 aliphatic rings. The molecule has 0 heterocycles. The molecule has 0 fully saturated rings. The number of alkyl halides is 10. The molecule has 1 aromatic carbocycles. The molecule has 143 valence electrons. The molecule has 0 saturated heterocycles. The van der Waals surface area contributed by atoms with E-state index in [0.29, 0.717) is 0 Å². The van der Waals surface area contributed by atoms with E-state index >= 15 is 0 Å². The molecule has 0 N–H and O–H groups in total. The fraction of sp³-hybridized carbons (Fsp3) is 0.455. The van der Waals surface area contributed by atoms with Crippen molar-refractivity contribution in [1.29, 1.82) is 0 Å². The third-order valence-corrected chi connectivity index (χ3v) is 3.61. The monoisotopic (exact) mass is 407 g/mol. The fourth-order valence-electron chi connectivity index (χ4n) is 1.58. The maximum Gasteiger partial charge on any atom is 0.534 e. The lowest BCUT2D eigenvalue weighted by Crippen LogP contribution is -2.50. The van der Waals surface area contributed by atoms with Crippen LogP contribution >= 0.6 is 0 Å². The molecule has 0 aliphatic carbocycles. The van der Waals surface area contributed by atoms with E-state index in [1.54, 1.807) is 6.07 Å². The maximum absolute atomic E-state index is 13.9. The second-order valence-electron chi connectivity index (χ2n) is 4.55. The van der Waals surface area contributed by atoms with Gasteiger partial charge in [-0.3, -0.25) is 0 Å². The van der Waals surface area contributed by atoms with E-state index in [4.69, 9.17) is 0 Å². The average Bonchev–Trinajstić information content (AvgIpc) is 2.32. The van der Waals surface area contributed by atoms with Crippen molar-refractivity contribution in [3.05, 3.63) is 29.3 Å². The molecule has 1 aromatic rings. The number of halogens is 10. The summed E-state index contributed by atoms with van der Waals surface area (Å²) in [5.41, 5.74) is -14.9. The second kappa shape index (κ2) is 5.92. The van der Waals surface area contributed by atoms with Crippen LogP contribution in [0, 0.1) is 13.0 Å². The number of aryl methyl sites for hydroxylation is 1. The van der Waals surface area contributed by atoms with Crippen LogP contribution in [0.1, 0.15) is 11.1 Å². The summed E-state index contributed by atoms with van der Waals surface area (Å²) >= 11 is 0. The SMILES string of the molecule is Cc1[c]c(OS(=O)(=O)C(F)(F)F)cc(C(F)(C(F)(F)F)C(F)(F)F)c1. The van der Waals surface area contributed by atoms with Gasteiger partial charge < -0.3 is 4.18 Å². The van der Waals surface area contributed by atoms with Gasteiger partial charge in [-0.05, 0) is 18.6 Å². The van der Waals surface area contributed by atoms with E-state index in [9.17, 15) is 52.3 Å². The van der Waals surface area contributed by atoms with Gasteiger partial charge in [-0.1, -0.05) is 6.07 Å². The standard InChI is InChI=1S/C11H5F10O3S/c1-5-2-6(8(12,9(13,14)15)10(16,17)18)4-7(3-5)24-25(22,23)11(19,20)21/h2,4H,1H3. The Morgan fingerprint density at radius 3 is 1.68 bits per heavy atom. The lowest BCUT2D eigenvalue weighted by molar-refractivity contribution is -0.348. The number of rotatable bonds is 3. The van der Waals surface area contributed by atoms with Crippen LogP contribution in [0.25, 0.3) is 0 Å². The summed E-state index contributed by atoms with van der Waals surface area (Å²) in [6, 6.07) is 1.17. The van der Waals surface area contributed by atoms with Crippen molar-refractivity contribution in [2.75, 3.05) is 0 Å². The topological polar surface area (TPSA) is 43.4 Å². The first-order valence-electron chi connectivity index (χ1n) is 5.70. The molecule has 0 amide bonds. The number of hydrogen-bond acceptors (Lipinski definition) is 3. The normalized spacial score (nSPS) is 14.5. The minimum absolute atomic E-state index is 0.00591. The third-order valence-electron chi connectivity index (χ3n) is 2.64. The van der Waals surface area contributed by atoms with Gasteiger partial charge in [0.15, 0.2) is 5.75 Å². The van der Waals surface area contributed by atoms with Crippen LogP contribution in [-0.2, 0) is 15.8 Å². The minimum atomic E-state index is -6.54. The van der Waals surface area contributed by atoms with E-state index < -0.39 is 56.6 Å². The van der Waals surface area contributed by atoms with Gasteiger partial charge in [0.2, 0.25) is 0 Å². The van der Waals surface area contributed by atoms with E-state index in [1.807, 2.05) is 0 Å². The van der Waals surface area contributed by atoms with Crippen LogP contribution in [0.2, 0.25) is 0 Å². The van der Waals surface area contributed by atoms with Gasteiger partial charge in [-0.2, -0.15) is 47.9 Å². The molecule has 0 aromatic heterocycles. The summed E-state index contributed by atoms with van der Waals surface area (Å²) in [6.45, 7) is 0.740. The Balaban J connectivity index is 3.58. The summed E-state index contributed by atoms with van der Waals surface area (Å²) in [7, 11) is -6.42. The van der Waals surface area contributed by atoms with Crippen LogP contribution in [0.3, 0.4) is 0 Å². The highest BCUT2D eigenvalue weighted by Crippen LogP contribution is 2.53. The van der Waals surface area contributed by atoms with Crippen molar-refractivity contribution in [3.8, 4) is 5.75 Å². The molecule has 0 unspecified atom stereocenters. The Hall–Kier alpha value is -1.73. The van der Waals surface area contributed by atoms with Gasteiger partial charge >= 0.3 is 33.6 Å². The van der Waals surface area contributed by atoms with Gasteiger partial charge in [-0.25, -0.2) is 4.39 Å². The van der Waals surface area contributed by atoms with Gasteiger partial charge in [0.1, 0.15) is 0 Å². The molecule has 0 aliphatic heterocycles. The summed E-state index contributed by atoms with van der Waals surface area (Å²) in [5, 5.41) is 0. The fourth-order valence-corrected chi connectivity index (χ4v) is 2.00. The van der Waals surface area contributed by atoms with Crippen LogP contribution in [0.4, 0.5) is 43.9 Å². The first-order chi connectivity index (χ1) is 10.8. The molecule has 0 spiro atoms. The van der Waals surface area contributed by atoms with E-state index in [2.05, 4.69) is 4.18 Å². The highest BCUT2D eigenvalue weighted by Gasteiger charge is 2.73. The highest BCUT2D eigenvalue weighted by atomic mass is 32.2. The Morgan fingerprint density at radius 1 is 0.880 bits per heavy atom. The molecular formula is C11H5F10O3S. The Labute approximate surface area is 133 Å². The Morgan fingerprint density at radius 2 is 1.32 bits per heavy atom. The zero-order valence-electron chi connectivity index (χ0n) is 11.6. The third kappa shape index (κ3) is 3.93. The quantitative estimate of drug-likeness (QED) is 0.426. The lowest BCUT2D eigenvalue weighted by atomic mass is 9.92. The van der Waals surface area contributed by atoms with Crippen molar-refractivity contribution in [3.63, 3.8) is 0 Å². The molecule has 0 bridgehead atoms. The zero-order valence-corrected chi connectivity index (χ0v) is 12.4. The first-order valence-corrected chi connectivity index (χ1v) is 7.11. The van der Waals surface area contributed by atoms with Gasteiger partial charge in [0.25, 0.3) is 0 Å². The van der Waals surface area contributed by atoms with Gasteiger partial charge in [-0.15, -0.1) is 0 Å². The Bertz CT molecular complexity index is 731. The smallest absolute Gasteiger partial charge is 0.375 e. The predicted octanol–water partition coefficient (Wildman–Crippen LogP) is 4.31. The van der Waals surface area contributed by atoms with Crippen molar-refractivity contribution >= 4 is 10.1 Å². The molecule has 3 nitrogen and oxygen atoms in total. The predicted molar refractivity (Wildman–Crippen MR) is 60.5 cm³/mol. The largest absolute Gasteiger partial charge is 0.534 e. The van der Waals surface area contributed by atoms with Crippen LogP contribution < -0.4 is 4.18 Å². The maximum atomic E-state index is 13.9. The van der Waals surface area contributed by atoms with Crippen molar-refractivity contribution in [2.24, 2.45) is 0 Å². The summed E-state index contributed by atoms with van der Waals surface area (Å²) in [4.78, 5) is 0. The number of hydrogen-bond donors (Lipinski definition) is 0. The van der Waals surface area contributed by atoms with Crippen molar-refractivity contribution in [1.82, 2.24) is 0 Å². The van der Waals surface area contributed by atoms with E-state index in [0.717, 1.165) is 6.92 Å². The van der Waals surface area contributed by atoms with Crippen LogP contribution in [0.15, 0.2) is 12.1 Å². The summed E-state index contributed by atoms with van der Waals surface area (Å²) < 4.78 is 151. The summed E-state index contributed by atoms with van der Waals surface area (Å²) in [5.74, 6) is -1.69. The molecular weight excluding hydrogens is 402 g/mol. The molecule has 1 radical (unpaired) electrons. The lowest BCUT2D eigenvalue weighted by Gasteiger charge is -2.30. The van der Waals surface area contributed by atoms with Crippen molar-refractivity contribution < 1.29 is 56.5 Å². The Kier molecular flexibility index (Phi) is 5.04. The van der Waals surface area contributed by atoms with E-state index in [-0.39, 0.29) is 6.07 Å². The van der Waals surface area contributed by atoms with Crippen molar-refractivity contribution in [2.45, 2.75) is 30.5 Å². The molecule has 25 heavy (non-hydrogen) atoms. The molecule has 0 saturated carbocycles. The van der Waals surface area contributed by atoms with Gasteiger partial charge in [0.05, 0.1) is 0 Å². The number of benzene rings is 1. The van der Waals surface area contributed by atoms with Crippen LogP contribution in [0.5, 0.6) is 5.75 Å². The molecule has 1 rings (SSSR count). The molecule has 14 heteroatoms. The highest BCUT2D eigenvalue weighted by molar-refractivity contribution is 7.87. The minimum Gasteiger partial charge on any atom is -0.375 e. The molecule has 0 atom stereocenters. The van der Waals surface area contributed by atoms with E-state index in [1.165, 1.54) is 0 Å². The zero-order chi connectivity index (χ0) is 20.1. The second-order valence-corrected chi connectivity index (χ2v) is 6.09. The van der Waals surface area contributed by atoms with Crippen LogP contribution in [-0.4, -0.2) is 26.3 Å². The summed E-state index contributed by atoms with van der Waals surface area (Å²) in [6.07, 6.45) is -13.1. The average molecular weight is 407 g/mol. The van der Waals surface area contributed by atoms with Gasteiger partial charge in [0, 0.05) is 11.6 Å². The first kappa shape index (κ1) is 21.3.